The number of rotatable bonds is 41. The molecule has 0 aromatic heterocycles. The molecule has 0 heterocycles. The van der Waals surface area contributed by atoms with E-state index in [2.05, 4.69) is 69.4 Å². The van der Waals surface area contributed by atoms with Crippen LogP contribution in [0.4, 0.5) is 0 Å². The van der Waals surface area contributed by atoms with Crippen molar-refractivity contribution in [2.45, 2.75) is 232 Å². The van der Waals surface area contributed by atoms with Gasteiger partial charge in [-0.3, -0.25) is 14.4 Å². The van der Waals surface area contributed by atoms with Gasteiger partial charge in [0.2, 0.25) is 0 Å². The van der Waals surface area contributed by atoms with Gasteiger partial charge in [0.1, 0.15) is 13.2 Å². The molecule has 55 heavy (non-hydrogen) atoms. The van der Waals surface area contributed by atoms with Crippen molar-refractivity contribution in [2.75, 3.05) is 13.2 Å². The normalized spacial score (nSPS) is 12.4. The smallest absolute Gasteiger partial charge is 0.306 e. The van der Waals surface area contributed by atoms with Crippen LogP contribution >= 0.6 is 0 Å². The second kappa shape index (κ2) is 44.1. The van der Waals surface area contributed by atoms with Gasteiger partial charge in [-0.15, -0.1) is 0 Å². The highest BCUT2D eigenvalue weighted by Gasteiger charge is 2.19. The number of allylic oxidation sites excluding steroid dienone is 8. The molecule has 0 aliphatic heterocycles. The molecule has 0 aromatic rings. The minimum atomic E-state index is -0.778. The van der Waals surface area contributed by atoms with Crippen LogP contribution < -0.4 is 0 Å². The number of hydrogen-bond acceptors (Lipinski definition) is 6. The van der Waals surface area contributed by atoms with E-state index in [4.69, 9.17) is 14.2 Å². The fourth-order valence-corrected chi connectivity index (χ4v) is 6.27. The summed E-state index contributed by atoms with van der Waals surface area (Å²) >= 11 is 0. The molecule has 0 N–H and O–H groups in total. The molecule has 0 spiro atoms. The van der Waals surface area contributed by atoms with Crippen molar-refractivity contribution < 1.29 is 28.6 Å². The maximum atomic E-state index is 12.7. The molecule has 0 saturated carbocycles. The molecule has 1 unspecified atom stereocenters. The lowest BCUT2D eigenvalue weighted by Gasteiger charge is -2.18. The summed E-state index contributed by atoms with van der Waals surface area (Å²) in [6.45, 7) is 6.47. The average molecular weight is 771 g/mol. The molecule has 0 bridgehead atoms. The Balaban J connectivity index is 4.27. The van der Waals surface area contributed by atoms with E-state index in [-0.39, 0.29) is 31.1 Å². The maximum absolute atomic E-state index is 12.7. The Hall–Kier alpha value is -2.63. The first-order chi connectivity index (χ1) is 27.0. The topological polar surface area (TPSA) is 78.9 Å². The monoisotopic (exact) mass is 771 g/mol. The van der Waals surface area contributed by atoms with Crippen molar-refractivity contribution in [2.24, 2.45) is 0 Å². The van der Waals surface area contributed by atoms with Crippen LogP contribution in [0.1, 0.15) is 226 Å². The number of ether oxygens (including phenoxy) is 3. The first-order valence-corrected chi connectivity index (χ1v) is 23.1. The van der Waals surface area contributed by atoms with Crippen molar-refractivity contribution in [1.29, 1.82) is 0 Å². The number of unbranched alkanes of at least 4 members (excludes halogenated alkanes) is 22. The van der Waals surface area contributed by atoms with Crippen LogP contribution in [0.5, 0.6) is 0 Å². The summed E-state index contributed by atoms with van der Waals surface area (Å²) in [7, 11) is 0. The van der Waals surface area contributed by atoms with E-state index in [0.717, 1.165) is 103 Å². The molecule has 318 valence electrons. The summed E-state index contributed by atoms with van der Waals surface area (Å²) < 4.78 is 16.6. The number of hydrogen-bond donors (Lipinski definition) is 0. The van der Waals surface area contributed by atoms with E-state index in [9.17, 15) is 14.4 Å². The summed E-state index contributed by atoms with van der Waals surface area (Å²) in [5.41, 5.74) is 0. The lowest BCUT2D eigenvalue weighted by Crippen LogP contribution is -2.30. The largest absolute Gasteiger partial charge is 0.462 e. The Morgan fingerprint density at radius 1 is 0.364 bits per heavy atom. The van der Waals surface area contributed by atoms with Crippen LogP contribution in [0, 0.1) is 0 Å². The van der Waals surface area contributed by atoms with E-state index in [0.29, 0.717) is 19.3 Å². The second-order valence-corrected chi connectivity index (χ2v) is 15.3. The van der Waals surface area contributed by atoms with E-state index >= 15 is 0 Å². The van der Waals surface area contributed by atoms with Gasteiger partial charge in [-0.2, -0.15) is 0 Å². The predicted octanol–water partition coefficient (Wildman–Crippen LogP) is 14.8. The molecule has 0 aliphatic rings. The highest BCUT2D eigenvalue weighted by atomic mass is 16.6. The van der Waals surface area contributed by atoms with E-state index < -0.39 is 6.10 Å². The van der Waals surface area contributed by atoms with Gasteiger partial charge in [-0.1, -0.05) is 179 Å². The zero-order valence-corrected chi connectivity index (χ0v) is 36.2. The Labute approximate surface area is 339 Å². The van der Waals surface area contributed by atoms with Gasteiger partial charge < -0.3 is 14.2 Å². The zero-order chi connectivity index (χ0) is 40.1. The Bertz CT molecular complexity index is 980. The van der Waals surface area contributed by atoms with Crippen molar-refractivity contribution >= 4 is 17.9 Å². The van der Waals surface area contributed by atoms with Gasteiger partial charge in [0.25, 0.3) is 0 Å². The molecular weight excluding hydrogens is 685 g/mol. The fraction of sp³-hybridized carbons (Fsp3) is 0.776. The molecule has 0 amide bonds. The minimum absolute atomic E-state index is 0.0817. The summed E-state index contributed by atoms with van der Waals surface area (Å²) in [4.78, 5) is 37.6. The highest BCUT2D eigenvalue weighted by Crippen LogP contribution is 2.13. The highest BCUT2D eigenvalue weighted by molar-refractivity contribution is 5.71. The van der Waals surface area contributed by atoms with Crippen LogP contribution in [-0.4, -0.2) is 37.2 Å². The molecule has 0 rings (SSSR count). The summed E-state index contributed by atoms with van der Waals surface area (Å²) in [6.07, 6.45) is 51.1. The van der Waals surface area contributed by atoms with Crippen LogP contribution in [0.25, 0.3) is 0 Å². The average Bonchev–Trinajstić information content (AvgIpc) is 3.18. The Morgan fingerprint density at radius 2 is 0.691 bits per heavy atom. The van der Waals surface area contributed by atoms with Crippen molar-refractivity contribution in [1.82, 2.24) is 0 Å². The molecule has 0 saturated heterocycles. The minimum Gasteiger partial charge on any atom is -0.462 e. The first-order valence-electron chi connectivity index (χ1n) is 23.1. The van der Waals surface area contributed by atoms with Crippen LogP contribution in [-0.2, 0) is 28.6 Å². The SMILES string of the molecule is CCC/C=C\C/C=C\CCCCCCCC(=O)OC(COC(=O)CCCCCCCC)COC(=O)CCCCCCCCC/C=C\C/C=C\CCCCCC. The Kier molecular flexibility index (Phi) is 42.0. The summed E-state index contributed by atoms with van der Waals surface area (Å²) in [5.74, 6) is -0.914. The van der Waals surface area contributed by atoms with Crippen molar-refractivity contribution in [3.63, 3.8) is 0 Å². The van der Waals surface area contributed by atoms with E-state index in [1.54, 1.807) is 0 Å². The van der Waals surface area contributed by atoms with Gasteiger partial charge >= 0.3 is 17.9 Å². The van der Waals surface area contributed by atoms with Crippen molar-refractivity contribution in [3.8, 4) is 0 Å². The molecule has 1 atom stereocenters. The second-order valence-electron chi connectivity index (χ2n) is 15.3. The quantitative estimate of drug-likeness (QED) is 0.0267. The van der Waals surface area contributed by atoms with Gasteiger partial charge in [0.15, 0.2) is 6.10 Å². The summed E-state index contributed by atoms with van der Waals surface area (Å²) in [6, 6.07) is 0. The van der Waals surface area contributed by atoms with Gasteiger partial charge in [0, 0.05) is 19.3 Å². The summed E-state index contributed by atoms with van der Waals surface area (Å²) in [5, 5.41) is 0. The fourth-order valence-electron chi connectivity index (χ4n) is 6.27. The zero-order valence-electron chi connectivity index (χ0n) is 36.2. The maximum Gasteiger partial charge on any atom is 0.306 e. The first kappa shape index (κ1) is 52.4. The standard InChI is InChI=1S/C49H86O6/c1-4-7-10-13-16-18-20-22-23-24-25-26-28-29-31-33-36-39-42-48(51)54-45-46(44-53-47(50)41-38-35-15-12-9-6-3)55-49(52)43-40-37-34-32-30-27-21-19-17-14-11-8-5-2/h11,14,18-21,23-24,46H,4-10,12-13,15-17,22,25-45H2,1-3H3/b14-11-,20-18-,21-19-,24-23-. The van der Waals surface area contributed by atoms with Crippen LogP contribution in [0.15, 0.2) is 48.6 Å². The lowest BCUT2D eigenvalue weighted by molar-refractivity contribution is -0.167. The molecule has 0 radical (unpaired) electrons. The third-order valence-corrected chi connectivity index (χ3v) is 9.79. The van der Waals surface area contributed by atoms with Gasteiger partial charge in [0.05, 0.1) is 0 Å². The number of esters is 3. The van der Waals surface area contributed by atoms with Gasteiger partial charge in [-0.05, 0) is 77.0 Å². The predicted molar refractivity (Wildman–Crippen MR) is 233 cm³/mol. The van der Waals surface area contributed by atoms with Crippen LogP contribution in [0.3, 0.4) is 0 Å². The molecule has 6 nitrogen and oxygen atoms in total. The third-order valence-electron chi connectivity index (χ3n) is 9.79. The Morgan fingerprint density at radius 3 is 1.09 bits per heavy atom. The molecule has 0 fully saturated rings. The molecule has 0 aliphatic carbocycles. The number of carbonyl (C=O) groups is 3. The lowest BCUT2D eigenvalue weighted by atomic mass is 10.1. The van der Waals surface area contributed by atoms with E-state index in [1.165, 1.54) is 83.5 Å². The van der Waals surface area contributed by atoms with Crippen molar-refractivity contribution in [3.05, 3.63) is 48.6 Å². The van der Waals surface area contributed by atoms with E-state index in [1.807, 2.05) is 0 Å². The molecular formula is C49H86O6. The molecule has 6 heteroatoms. The third kappa shape index (κ3) is 42.4. The van der Waals surface area contributed by atoms with Crippen LogP contribution in [0.2, 0.25) is 0 Å². The van der Waals surface area contributed by atoms with Gasteiger partial charge in [-0.25, -0.2) is 0 Å². The molecule has 0 aromatic carbocycles. The number of carbonyl (C=O) groups excluding carboxylic acids is 3.